The standard InChI is InChI=1S/C9H15Br/c1-9(2)5-6-3-7(9)4-8(6)10/h6-8H,3-5H2,1-2H3. The fraction of sp³-hybridized carbons (Fsp3) is 1.00. The summed E-state index contributed by atoms with van der Waals surface area (Å²) < 4.78 is 0. The van der Waals surface area contributed by atoms with Gasteiger partial charge in [-0.3, -0.25) is 0 Å². The molecule has 0 aromatic rings. The molecule has 2 fully saturated rings. The molecule has 0 radical (unpaired) electrons. The van der Waals surface area contributed by atoms with Gasteiger partial charge in [0.2, 0.25) is 0 Å². The lowest BCUT2D eigenvalue weighted by Crippen LogP contribution is -2.24. The third-order valence-electron chi connectivity index (χ3n) is 3.50. The molecule has 10 heavy (non-hydrogen) atoms. The highest BCUT2D eigenvalue weighted by Crippen LogP contribution is 2.57. The van der Waals surface area contributed by atoms with Crippen molar-refractivity contribution < 1.29 is 0 Å². The van der Waals surface area contributed by atoms with Gasteiger partial charge < -0.3 is 0 Å². The first-order chi connectivity index (χ1) is 4.59. The Morgan fingerprint density at radius 2 is 2.00 bits per heavy atom. The fourth-order valence-corrected chi connectivity index (χ4v) is 3.62. The molecule has 0 aromatic heterocycles. The van der Waals surface area contributed by atoms with E-state index in [0.29, 0.717) is 5.41 Å². The first-order valence-corrected chi connectivity index (χ1v) is 5.15. The molecule has 1 heteroatoms. The molecule has 2 rings (SSSR count). The molecular weight excluding hydrogens is 188 g/mol. The van der Waals surface area contributed by atoms with E-state index in [9.17, 15) is 0 Å². The van der Waals surface area contributed by atoms with Crippen LogP contribution in [0.2, 0.25) is 0 Å². The summed E-state index contributed by atoms with van der Waals surface area (Å²) in [6.07, 6.45) is 4.37. The number of fused-ring (bicyclic) bond motifs is 2. The van der Waals surface area contributed by atoms with Crippen LogP contribution < -0.4 is 0 Å². The molecule has 0 spiro atoms. The summed E-state index contributed by atoms with van der Waals surface area (Å²) >= 11 is 3.75. The zero-order valence-corrected chi connectivity index (χ0v) is 8.32. The fourth-order valence-electron chi connectivity index (χ4n) is 2.77. The monoisotopic (exact) mass is 202 g/mol. The van der Waals surface area contributed by atoms with Crippen LogP contribution in [0.5, 0.6) is 0 Å². The van der Waals surface area contributed by atoms with E-state index in [1.165, 1.54) is 19.3 Å². The van der Waals surface area contributed by atoms with Crippen molar-refractivity contribution in [1.82, 2.24) is 0 Å². The Labute approximate surface area is 71.5 Å². The van der Waals surface area contributed by atoms with E-state index in [-0.39, 0.29) is 0 Å². The van der Waals surface area contributed by atoms with Crippen molar-refractivity contribution in [2.45, 2.75) is 37.9 Å². The molecular formula is C9H15Br. The minimum atomic E-state index is 0.662. The average Bonchev–Trinajstić information content (AvgIpc) is 2.21. The molecule has 2 bridgehead atoms. The number of rotatable bonds is 0. The molecule has 0 N–H and O–H groups in total. The van der Waals surface area contributed by atoms with E-state index in [1.807, 2.05) is 0 Å². The SMILES string of the molecule is CC1(C)CC2CC1CC2Br. The smallest absolute Gasteiger partial charge is 0.0177 e. The Hall–Kier alpha value is 0.480. The third kappa shape index (κ3) is 0.861. The van der Waals surface area contributed by atoms with Crippen LogP contribution in [-0.4, -0.2) is 4.83 Å². The summed E-state index contributed by atoms with van der Waals surface area (Å²) in [7, 11) is 0. The maximum absolute atomic E-state index is 3.75. The maximum atomic E-state index is 3.75. The van der Waals surface area contributed by atoms with Crippen molar-refractivity contribution in [2.75, 3.05) is 0 Å². The number of halogens is 1. The molecule has 0 nitrogen and oxygen atoms in total. The lowest BCUT2D eigenvalue weighted by atomic mass is 9.77. The Balaban J connectivity index is 2.16. The van der Waals surface area contributed by atoms with E-state index in [0.717, 1.165) is 16.7 Å². The van der Waals surface area contributed by atoms with Crippen LogP contribution in [0.3, 0.4) is 0 Å². The molecule has 3 unspecified atom stereocenters. The van der Waals surface area contributed by atoms with Gasteiger partial charge in [0.1, 0.15) is 0 Å². The van der Waals surface area contributed by atoms with Crippen LogP contribution in [0, 0.1) is 17.3 Å². The van der Waals surface area contributed by atoms with E-state index >= 15 is 0 Å². The Morgan fingerprint density at radius 1 is 1.30 bits per heavy atom. The Bertz CT molecular complexity index is 149. The lowest BCUT2D eigenvalue weighted by Gasteiger charge is -2.31. The van der Waals surface area contributed by atoms with E-state index in [2.05, 4.69) is 29.8 Å². The maximum Gasteiger partial charge on any atom is 0.0177 e. The first-order valence-electron chi connectivity index (χ1n) is 4.24. The highest BCUT2D eigenvalue weighted by atomic mass is 79.9. The second-order valence-electron chi connectivity index (χ2n) is 4.64. The number of alkyl halides is 1. The average molecular weight is 203 g/mol. The number of hydrogen-bond donors (Lipinski definition) is 0. The van der Waals surface area contributed by atoms with Gasteiger partial charge in [-0.05, 0) is 36.5 Å². The van der Waals surface area contributed by atoms with Crippen LogP contribution in [0.15, 0.2) is 0 Å². The zero-order chi connectivity index (χ0) is 7.35. The van der Waals surface area contributed by atoms with E-state index in [4.69, 9.17) is 0 Å². The van der Waals surface area contributed by atoms with Crippen molar-refractivity contribution in [3.05, 3.63) is 0 Å². The van der Waals surface area contributed by atoms with Crippen molar-refractivity contribution in [3.8, 4) is 0 Å². The van der Waals surface area contributed by atoms with Crippen LogP contribution in [-0.2, 0) is 0 Å². The summed E-state index contributed by atoms with van der Waals surface area (Å²) in [4.78, 5) is 0.852. The van der Waals surface area contributed by atoms with Gasteiger partial charge in [0, 0.05) is 4.83 Å². The second kappa shape index (κ2) is 2.00. The van der Waals surface area contributed by atoms with Crippen molar-refractivity contribution in [1.29, 1.82) is 0 Å². The van der Waals surface area contributed by atoms with Gasteiger partial charge in [-0.2, -0.15) is 0 Å². The molecule has 0 heterocycles. The number of hydrogen-bond acceptors (Lipinski definition) is 0. The Morgan fingerprint density at radius 3 is 2.30 bits per heavy atom. The zero-order valence-electron chi connectivity index (χ0n) is 6.73. The molecule has 0 amide bonds. The van der Waals surface area contributed by atoms with Gasteiger partial charge in [-0.15, -0.1) is 0 Å². The second-order valence-corrected chi connectivity index (χ2v) is 5.81. The normalized spacial score (nSPS) is 50.1. The van der Waals surface area contributed by atoms with Gasteiger partial charge in [0.25, 0.3) is 0 Å². The summed E-state index contributed by atoms with van der Waals surface area (Å²) in [6, 6.07) is 0. The largest absolute Gasteiger partial charge is 0.0888 e. The molecule has 3 atom stereocenters. The van der Waals surface area contributed by atoms with Crippen LogP contribution >= 0.6 is 15.9 Å². The first kappa shape index (κ1) is 7.15. The van der Waals surface area contributed by atoms with E-state index in [1.54, 1.807) is 0 Å². The van der Waals surface area contributed by atoms with Gasteiger partial charge >= 0.3 is 0 Å². The van der Waals surface area contributed by atoms with Gasteiger partial charge in [0.15, 0.2) is 0 Å². The molecule has 2 aliphatic rings. The highest BCUT2D eigenvalue weighted by Gasteiger charge is 2.48. The molecule has 0 aliphatic heterocycles. The van der Waals surface area contributed by atoms with Crippen molar-refractivity contribution in [2.24, 2.45) is 17.3 Å². The molecule has 2 aliphatic carbocycles. The van der Waals surface area contributed by atoms with Gasteiger partial charge in [-0.1, -0.05) is 29.8 Å². The van der Waals surface area contributed by atoms with Crippen molar-refractivity contribution in [3.63, 3.8) is 0 Å². The summed E-state index contributed by atoms with van der Waals surface area (Å²) in [5, 5.41) is 0. The topological polar surface area (TPSA) is 0 Å². The van der Waals surface area contributed by atoms with Crippen LogP contribution in [0.25, 0.3) is 0 Å². The summed E-state index contributed by atoms with van der Waals surface area (Å²) in [6.45, 7) is 4.85. The van der Waals surface area contributed by atoms with E-state index < -0.39 is 0 Å². The van der Waals surface area contributed by atoms with Crippen molar-refractivity contribution >= 4 is 15.9 Å². The van der Waals surface area contributed by atoms with Gasteiger partial charge in [-0.25, -0.2) is 0 Å². The molecule has 58 valence electrons. The summed E-state index contributed by atoms with van der Waals surface area (Å²) in [5.74, 6) is 2.02. The molecule has 0 saturated heterocycles. The summed E-state index contributed by atoms with van der Waals surface area (Å²) in [5.41, 5.74) is 0.662. The minimum absolute atomic E-state index is 0.662. The quantitative estimate of drug-likeness (QED) is 0.530. The molecule has 2 saturated carbocycles. The van der Waals surface area contributed by atoms with Gasteiger partial charge in [0.05, 0.1) is 0 Å². The third-order valence-corrected chi connectivity index (χ3v) is 4.62. The highest BCUT2D eigenvalue weighted by molar-refractivity contribution is 9.09. The Kier molecular flexibility index (Phi) is 1.43. The van der Waals surface area contributed by atoms with Crippen LogP contribution in [0.4, 0.5) is 0 Å². The lowest BCUT2D eigenvalue weighted by molar-refractivity contribution is 0.222. The minimum Gasteiger partial charge on any atom is -0.0888 e. The van der Waals surface area contributed by atoms with Crippen LogP contribution in [0.1, 0.15) is 33.1 Å². The predicted octanol–water partition coefficient (Wildman–Crippen LogP) is 3.21. The molecule has 0 aromatic carbocycles. The predicted molar refractivity (Wildman–Crippen MR) is 47.3 cm³/mol.